The number of amides is 2. The van der Waals surface area contributed by atoms with E-state index in [-0.39, 0.29) is 6.61 Å². The van der Waals surface area contributed by atoms with Gasteiger partial charge in [0.2, 0.25) is 0 Å². The molecule has 0 spiro atoms. The summed E-state index contributed by atoms with van der Waals surface area (Å²) in [5.74, 6) is -0.492. The number of hydrogen-bond donors (Lipinski definition) is 2. The molecular formula is C24H18ClN3O3. The average molecular weight is 432 g/mol. The molecule has 0 unspecified atom stereocenters. The molecule has 0 atom stereocenters. The Kier molecular flexibility index (Phi) is 7.41. The molecule has 0 saturated carbocycles. The first-order valence-electron chi connectivity index (χ1n) is 9.30. The molecule has 3 aromatic carbocycles. The molecule has 0 saturated heterocycles. The van der Waals surface area contributed by atoms with Gasteiger partial charge in [-0.25, -0.2) is 0 Å². The normalized spacial score (nSPS) is 10.3. The lowest BCUT2D eigenvalue weighted by Crippen LogP contribution is -2.43. The van der Waals surface area contributed by atoms with Gasteiger partial charge in [0.1, 0.15) is 5.75 Å². The zero-order chi connectivity index (χ0) is 22.1. The van der Waals surface area contributed by atoms with Crippen molar-refractivity contribution < 1.29 is 14.3 Å². The number of nitriles is 1. The van der Waals surface area contributed by atoms with Gasteiger partial charge in [0.15, 0.2) is 6.61 Å². The standard InChI is InChI=1S/C24H18ClN3O3/c25-22-4-2-1-3-20(22)11-14-23(29)27-28-24(30)16-31-21-12-9-19(10-13-21)18-7-5-17(15-26)6-8-18/h1-14H,16H2,(H,27,29)(H,28,30)/b14-11+. The molecule has 0 bridgehead atoms. The van der Waals surface area contributed by atoms with E-state index in [1.807, 2.05) is 24.3 Å². The molecule has 0 heterocycles. The summed E-state index contributed by atoms with van der Waals surface area (Å²) >= 11 is 6.01. The van der Waals surface area contributed by atoms with Crippen molar-refractivity contribution in [3.05, 3.63) is 95.0 Å². The van der Waals surface area contributed by atoms with Crippen LogP contribution < -0.4 is 15.6 Å². The Morgan fingerprint density at radius 3 is 2.23 bits per heavy atom. The maximum atomic E-state index is 11.9. The fourth-order valence-electron chi connectivity index (χ4n) is 2.61. The highest BCUT2D eigenvalue weighted by molar-refractivity contribution is 6.32. The van der Waals surface area contributed by atoms with Gasteiger partial charge in [0, 0.05) is 11.1 Å². The number of halogens is 1. The summed E-state index contributed by atoms with van der Waals surface area (Å²) in [6, 6.07) is 23.6. The fourth-order valence-corrected chi connectivity index (χ4v) is 2.81. The van der Waals surface area contributed by atoms with E-state index < -0.39 is 11.8 Å². The first-order chi connectivity index (χ1) is 15.0. The van der Waals surface area contributed by atoms with E-state index >= 15 is 0 Å². The third-order valence-corrected chi connectivity index (χ3v) is 4.56. The van der Waals surface area contributed by atoms with Gasteiger partial charge in [-0.2, -0.15) is 5.26 Å². The number of hydrazine groups is 1. The van der Waals surface area contributed by atoms with E-state index in [0.717, 1.165) is 11.1 Å². The minimum atomic E-state index is -0.504. The van der Waals surface area contributed by atoms with E-state index in [0.29, 0.717) is 21.9 Å². The predicted octanol–water partition coefficient (Wildman–Crippen LogP) is 4.12. The van der Waals surface area contributed by atoms with Gasteiger partial charge in [0.05, 0.1) is 11.6 Å². The lowest BCUT2D eigenvalue weighted by Gasteiger charge is -2.08. The molecule has 0 aromatic heterocycles. The number of benzene rings is 3. The summed E-state index contributed by atoms with van der Waals surface area (Å²) in [5.41, 5.74) is 7.77. The predicted molar refractivity (Wildman–Crippen MR) is 119 cm³/mol. The number of carbonyl (C=O) groups is 2. The number of ether oxygens (including phenoxy) is 1. The van der Waals surface area contributed by atoms with E-state index in [4.69, 9.17) is 21.6 Å². The van der Waals surface area contributed by atoms with E-state index in [1.165, 1.54) is 6.08 Å². The van der Waals surface area contributed by atoms with Gasteiger partial charge in [0.25, 0.3) is 11.8 Å². The van der Waals surface area contributed by atoms with Crippen molar-refractivity contribution in [1.82, 2.24) is 10.9 Å². The fraction of sp³-hybridized carbons (Fsp3) is 0.0417. The molecule has 3 rings (SSSR count). The maximum absolute atomic E-state index is 11.9. The van der Waals surface area contributed by atoms with Crippen molar-refractivity contribution in [1.29, 1.82) is 5.26 Å². The summed E-state index contributed by atoms with van der Waals surface area (Å²) in [4.78, 5) is 23.7. The monoisotopic (exact) mass is 431 g/mol. The topological polar surface area (TPSA) is 91.2 Å². The van der Waals surface area contributed by atoms with Crippen LogP contribution in [0.1, 0.15) is 11.1 Å². The molecule has 0 aliphatic carbocycles. The lowest BCUT2D eigenvalue weighted by atomic mass is 10.0. The number of nitrogens with zero attached hydrogens (tertiary/aromatic N) is 1. The first kappa shape index (κ1) is 21.6. The molecule has 6 nitrogen and oxygen atoms in total. The molecule has 7 heteroatoms. The van der Waals surface area contributed by atoms with Crippen LogP contribution in [0, 0.1) is 11.3 Å². The highest BCUT2D eigenvalue weighted by atomic mass is 35.5. The maximum Gasteiger partial charge on any atom is 0.276 e. The highest BCUT2D eigenvalue weighted by Gasteiger charge is 2.05. The summed E-state index contributed by atoms with van der Waals surface area (Å²) in [7, 11) is 0. The molecule has 0 aliphatic rings. The largest absolute Gasteiger partial charge is 0.484 e. The van der Waals surface area contributed by atoms with Gasteiger partial charge in [-0.05, 0) is 53.1 Å². The molecule has 3 aromatic rings. The molecule has 0 aliphatic heterocycles. The van der Waals surface area contributed by atoms with Crippen LogP contribution in [-0.4, -0.2) is 18.4 Å². The van der Waals surface area contributed by atoms with Crippen molar-refractivity contribution >= 4 is 29.5 Å². The van der Waals surface area contributed by atoms with Crippen molar-refractivity contribution in [2.75, 3.05) is 6.61 Å². The van der Waals surface area contributed by atoms with Crippen LogP contribution in [0.4, 0.5) is 0 Å². The van der Waals surface area contributed by atoms with Gasteiger partial charge >= 0.3 is 0 Å². The lowest BCUT2D eigenvalue weighted by molar-refractivity contribution is -0.128. The zero-order valence-corrected chi connectivity index (χ0v) is 17.1. The number of hydrogen-bond acceptors (Lipinski definition) is 4. The molecule has 2 amide bonds. The summed E-state index contributed by atoms with van der Waals surface area (Å²) in [6.45, 7) is -0.259. The SMILES string of the molecule is N#Cc1ccc(-c2ccc(OCC(=O)NNC(=O)/C=C/c3ccccc3Cl)cc2)cc1. The molecule has 2 N–H and O–H groups in total. The Morgan fingerprint density at radius 1 is 0.935 bits per heavy atom. The van der Waals surface area contributed by atoms with Crippen LogP contribution >= 0.6 is 11.6 Å². The second-order valence-corrected chi connectivity index (χ2v) is 6.80. The van der Waals surface area contributed by atoms with Gasteiger partial charge in [-0.15, -0.1) is 0 Å². The third kappa shape index (κ3) is 6.46. The Morgan fingerprint density at radius 2 is 1.58 bits per heavy atom. The van der Waals surface area contributed by atoms with E-state index in [9.17, 15) is 9.59 Å². The van der Waals surface area contributed by atoms with Crippen LogP contribution in [0.2, 0.25) is 5.02 Å². The minimum Gasteiger partial charge on any atom is -0.484 e. The zero-order valence-electron chi connectivity index (χ0n) is 16.3. The van der Waals surface area contributed by atoms with Crippen molar-refractivity contribution in [3.8, 4) is 22.9 Å². The third-order valence-electron chi connectivity index (χ3n) is 4.22. The number of nitrogens with one attached hydrogen (secondary N) is 2. The second kappa shape index (κ2) is 10.6. The summed E-state index contributed by atoms with van der Waals surface area (Å²) < 4.78 is 5.43. The van der Waals surface area contributed by atoms with Crippen LogP contribution in [0.5, 0.6) is 5.75 Å². The molecule has 0 radical (unpaired) electrons. The number of carbonyl (C=O) groups excluding carboxylic acids is 2. The van der Waals surface area contributed by atoms with E-state index in [1.54, 1.807) is 54.6 Å². The average Bonchev–Trinajstić information content (AvgIpc) is 2.81. The molecular weight excluding hydrogens is 414 g/mol. The highest BCUT2D eigenvalue weighted by Crippen LogP contribution is 2.22. The van der Waals surface area contributed by atoms with Gasteiger partial charge < -0.3 is 4.74 Å². The van der Waals surface area contributed by atoms with Gasteiger partial charge in [-0.1, -0.05) is 54.1 Å². The van der Waals surface area contributed by atoms with Crippen molar-refractivity contribution in [3.63, 3.8) is 0 Å². The Labute approximate surface area is 184 Å². The van der Waals surface area contributed by atoms with Crippen LogP contribution in [0.3, 0.4) is 0 Å². The van der Waals surface area contributed by atoms with Crippen molar-refractivity contribution in [2.24, 2.45) is 0 Å². The van der Waals surface area contributed by atoms with Gasteiger partial charge in [-0.3, -0.25) is 20.4 Å². The Balaban J connectivity index is 1.44. The van der Waals surface area contributed by atoms with Crippen LogP contribution in [0.15, 0.2) is 78.9 Å². The van der Waals surface area contributed by atoms with Crippen LogP contribution in [-0.2, 0) is 9.59 Å². The Hall–Kier alpha value is -4.08. The first-order valence-corrected chi connectivity index (χ1v) is 9.68. The molecule has 154 valence electrons. The number of rotatable bonds is 6. The van der Waals surface area contributed by atoms with Crippen LogP contribution in [0.25, 0.3) is 17.2 Å². The van der Waals surface area contributed by atoms with Crippen molar-refractivity contribution in [2.45, 2.75) is 0 Å². The minimum absolute atomic E-state index is 0.259. The smallest absolute Gasteiger partial charge is 0.276 e. The quantitative estimate of drug-likeness (QED) is 0.453. The molecule has 31 heavy (non-hydrogen) atoms. The summed E-state index contributed by atoms with van der Waals surface area (Å²) in [6.07, 6.45) is 2.82. The molecule has 0 fully saturated rings. The second-order valence-electron chi connectivity index (χ2n) is 6.39. The Bertz CT molecular complexity index is 1130. The van der Waals surface area contributed by atoms with E-state index in [2.05, 4.69) is 16.9 Å². The summed E-state index contributed by atoms with van der Waals surface area (Å²) in [5, 5.41) is 9.38.